The van der Waals surface area contributed by atoms with Crippen molar-refractivity contribution in [2.75, 3.05) is 5.32 Å². The highest BCUT2D eigenvalue weighted by Gasteiger charge is 2.07. The first-order chi connectivity index (χ1) is 11.4. The molecule has 2 rings (SSSR count). The number of urea groups is 1. The maximum Gasteiger partial charge on any atom is 0.315 e. The fourth-order valence-electron chi connectivity index (χ4n) is 2.04. The Morgan fingerprint density at radius 2 is 1.79 bits per heavy atom. The van der Waals surface area contributed by atoms with Crippen molar-refractivity contribution in [3.63, 3.8) is 0 Å². The van der Waals surface area contributed by atoms with Crippen LogP contribution in [0.1, 0.15) is 29.8 Å². The van der Waals surface area contributed by atoms with Gasteiger partial charge in [0.05, 0.1) is 0 Å². The second kappa shape index (κ2) is 8.49. The summed E-state index contributed by atoms with van der Waals surface area (Å²) in [5, 5.41) is 8.37. The Balaban J connectivity index is 1.91. The van der Waals surface area contributed by atoms with E-state index in [0.717, 1.165) is 15.7 Å². The highest BCUT2D eigenvalue weighted by atomic mass is 79.9. The summed E-state index contributed by atoms with van der Waals surface area (Å²) in [5.41, 5.74) is 2.21. The number of benzene rings is 2. The van der Waals surface area contributed by atoms with Gasteiger partial charge in [0.2, 0.25) is 0 Å². The van der Waals surface area contributed by atoms with Crippen LogP contribution in [0.3, 0.4) is 0 Å². The highest BCUT2D eigenvalue weighted by molar-refractivity contribution is 9.10. The van der Waals surface area contributed by atoms with Crippen molar-refractivity contribution in [3.8, 4) is 0 Å². The van der Waals surface area contributed by atoms with Gasteiger partial charge in [-0.2, -0.15) is 0 Å². The van der Waals surface area contributed by atoms with E-state index >= 15 is 0 Å². The van der Waals surface area contributed by atoms with E-state index in [0.29, 0.717) is 12.1 Å². The van der Waals surface area contributed by atoms with Crippen molar-refractivity contribution in [1.82, 2.24) is 10.6 Å². The highest BCUT2D eigenvalue weighted by Crippen LogP contribution is 2.16. The summed E-state index contributed by atoms with van der Waals surface area (Å²) in [4.78, 5) is 23.8. The third kappa shape index (κ3) is 5.70. The zero-order chi connectivity index (χ0) is 17.5. The summed E-state index contributed by atoms with van der Waals surface area (Å²) in [7, 11) is 0. The number of hydrogen-bond acceptors (Lipinski definition) is 2. The Morgan fingerprint density at radius 1 is 1.08 bits per heavy atom. The molecule has 6 heteroatoms. The molecule has 0 fully saturated rings. The first-order valence-electron chi connectivity index (χ1n) is 7.64. The van der Waals surface area contributed by atoms with Crippen LogP contribution in [0.25, 0.3) is 0 Å². The minimum atomic E-state index is -0.207. The number of hydrogen-bond donors (Lipinski definition) is 3. The monoisotopic (exact) mass is 389 g/mol. The molecule has 0 heterocycles. The van der Waals surface area contributed by atoms with Crippen LogP contribution in [0.15, 0.2) is 53.0 Å². The molecule has 0 radical (unpaired) electrons. The fraction of sp³-hybridized carbons (Fsp3) is 0.222. The molecule has 0 aliphatic rings. The van der Waals surface area contributed by atoms with Gasteiger partial charge in [0.25, 0.3) is 5.91 Å². The van der Waals surface area contributed by atoms with E-state index in [1.807, 2.05) is 50.2 Å². The first-order valence-corrected chi connectivity index (χ1v) is 8.43. The SMILES string of the molecule is CC(C)NC(=O)NCc1ccc(C(=O)Nc2cccc(Br)c2)cc1. The second-order valence-corrected chi connectivity index (χ2v) is 6.56. The molecule has 0 atom stereocenters. The number of rotatable bonds is 5. The maximum atomic E-state index is 12.2. The predicted octanol–water partition coefficient (Wildman–Crippen LogP) is 3.91. The lowest BCUT2D eigenvalue weighted by molar-refractivity contribution is 0.102. The summed E-state index contributed by atoms with van der Waals surface area (Å²) >= 11 is 3.37. The van der Waals surface area contributed by atoms with Gasteiger partial charge in [-0.05, 0) is 49.7 Å². The fourth-order valence-corrected chi connectivity index (χ4v) is 2.44. The van der Waals surface area contributed by atoms with Gasteiger partial charge in [-0.25, -0.2) is 4.79 Å². The molecule has 2 aromatic rings. The Kier molecular flexibility index (Phi) is 6.37. The van der Waals surface area contributed by atoms with Gasteiger partial charge < -0.3 is 16.0 Å². The van der Waals surface area contributed by atoms with Crippen LogP contribution >= 0.6 is 15.9 Å². The van der Waals surface area contributed by atoms with Gasteiger partial charge in [0.15, 0.2) is 0 Å². The van der Waals surface area contributed by atoms with Crippen LogP contribution in [0.2, 0.25) is 0 Å². The molecule has 0 aromatic heterocycles. The molecule has 0 saturated carbocycles. The number of halogens is 1. The van der Waals surface area contributed by atoms with Crippen molar-refractivity contribution in [3.05, 3.63) is 64.1 Å². The number of carbonyl (C=O) groups is 2. The summed E-state index contributed by atoms with van der Waals surface area (Å²) in [6.07, 6.45) is 0. The minimum absolute atomic E-state index is 0.0918. The molecular weight excluding hydrogens is 370 g/mol. The van der Waals surface area contributed by atoms with Crippen molar-refractivity contribution in [1.29, 1.82) is 0 Å². The summed E-state index contributed by atoms with van der Waals surface area (Å²) < 4.78 is 0.904. The largest absolute Gasteiger partial charge is 0.336 e. The van der Waals surface area contributed by atoms with Gasteiger partial charge in [-0.15, -0.1) is 0 Å². The van der Waals surface area contributed by atoms with E-state index in [2.05, 4.69) is 31.9 Å². The van der Waals surface area contributed by atoms with Crippen LogP contribution in [0, 0.1) is 0 Å². The van der Waals surface area contributed by atoms with E-state index in [4.69, 9.17) is 0 Å². The molecule has 0 bridgehead atoms. The number of nitrogens with one attached hydrogen (secondary N) is 3. The van der Waals surface area contributed by atoms with Crippen molar-refractivity contribution >= 4 is 33.6 Å². The van der Waals surface area contributed by atoms with Crippen LogP contribution < -0.4 is 16.0 Å². The van der Waals surface area contributed by atoms with Crippen LogP contribution in [-0.4, -0.2) is 18.0 Å². The van der Waals surface area contributed by atoms with E-state index in [-0.39, 0.29) is 18.0 Å². The Morgan fingerprint density at radius 3 is 2.42 bits per heavy atom. The van der Waals surface area contributed by atoms with Crippen molar-refractivity contribution < 1.29 is 9.59 Å². The van der Waals surface area contributed by atoms with Crippen molar-refractivity contribution in [2.45, 2.75) is 26.4 Å². The lowest BCUT2D eigenvalue weighted by Gasteiger charge is -2.10. The summed E-state index contributed by atoms with van der Waals surface area (Å²) in [5.74, 6) is -0.176. The van der Waals surface area contributed by atoms with Gasteiger partial charge in [0, 0.05) is 28.3 Å². The topological polar surface area (TPSA) is 70.2 Å². The van der Waals surface area contributed by atoms with Crippen molar-refractivity contribution in [2.24, 2.45) is 0 Å². The van der Waals surface area contributed by atoms with Gasteiger partial charge in [-0.1, -0.05) is 34.1 Å². The van der Waals surface area contributed by atoms with Crippen LogP contribution in [0.4, 0.5) is 10.5 Å². The molecule has 0 unspecified atom stereocenters. The number of amides is 3. The Bertz CT molecular complexity index is 714. The third-order valence-corrected chi connectivity index (χ3v) is 3.66. The zero-order valence-corrected chi connectivity index (χ0v) is 15.2. The second-order valence-electron chi connectivity index (χ2n) is 5.64. The van der Waals surface area contributed by atoms with Gasteiger partial charge >= 0.3 is 6.03 Å². The quantitative estimate of drug-likeness (QED) is 0.725. The molecule has 24 heavy (non-hydrogen) atoms. The normalized spacial score (nSPS) is 10.3. The summed E-state index contributed by atoms with van der Waals surface area (Å²) in [6.45, 7) is 4.21. The number of anilines is 1. The Labute approximate surface area is 150 Å². The smallest absolute Gasteiger partial charge is 0.315 e. The predicted molar refractivity (Wildman–Crippen MR) is 99.0 cm³/mol. The zero-order valence-electron chi connectivity index (χ0n) is 13.6. The molecule has 0 aliphatic heterocycles. The van der Waals surface area contributed by atoms with Crippen LogP contribution in [0.5, 0.6) is 0 Å². The lowest BCUT2D eigenvalue weighted by atomic mass is 10.1. The van der Waals surface area contributed by atoms with E-state index in [1.54, 1.807) is 12.1 Å². The molecule has 126 valence electrons. The summed E-state index contributed by atoms with van der Waals surface area (Å²) in [6, 6.07) is 14.4. The first kappa shape index (κ1) is 18.0. The third-order valence-electron chi connectivity index (χ3n) is 3.17. The minimum Gasteiger partial charge on any atom is -0.336 e. The molecule has 3 N–H and O–H groups in total. The van der Waals surface area contributed by atoms with Crippen LogP contribution in [-0.2, 0) is 6.54 Å². The average Bonchev–Trinajstić information content (AvgIpc) is 2.53. The molecule has 0 aliphatic carbocycles. The molecule has 3 amide bonds. The van der Waals surface area contributed by atoms with E-state index < -0.39 is 0 Å². The molecule has 5 nitrogen and oxygen atoms in total. The Hall–Kier alpha value is -2.34. The molecule has 0 saturated heterocycles. The maximum absolute atomic E-state index is 12.2. The molecular formula is C18H20BrN3O2. The standard InChI is InChI=1S/C18H20BrN3O2/c1-12(2)21-18(24)20-11-13-6-8-14(9-7-13)17(23)22-16-5-3-4-15(19)10-16/h3-10,12H,11H2,1-2H3,(H,22,23)(H2,20,21,24). The van der Waals surface area contributed by atoms with Gasteiger partial charge in [0.1, 0.15) is 0 Å². The average molecular weight is 390 g/mol. The lowest BCUT2D eigenvalue weighted by Crippen LogP contribution is -2.39. The van der Waals surface area contributed by atoms with Gasteiger partial charge in [-0.3, -0.25) is 4.79 Å². The van der Waals surface area contributed by atoms with E-state index in [9.17, 15) is 9.59 Å². The molecule has 2 aromatic carbocycles. The van der Waals surface area contributed by atoms with E-state index in [1.165, 1.54) is 0 Å². The molecule has 0 spiro atoms. The number of carbonyl (C=O) groups excluding carboxylic acids is 2.